The molecule has 1 aliphatic carbocycles. The monoisotopic (exact) mass is 482 g/mol. The average molecular weight is 483 g/mol. The Balaban J connectivity index is 1.66. The quantitative estimate of drug-likeness (QED) is 0.500. The van der Waals surface area contributed by atoms with E-state index in [-0.39, 0.29) is 34.3 Å². The summed E-state index contributed by atoms with van der Waals surface area (Å²) < 4.78 is 0.504. The van der Waals surface area contributed by atoms with Crippen molar-refractivity contribution in [3.05, 3.63) is 69.7 Å². The van der Waals surface area contributed by atoms with E-state index in [1.165, 1.54) is 24.3 Å². The van der Waals surface area contributed by atoms with Crippen molar-refractivity contribution in [3.63, 3.8) is 0 Å². The maximum absolute atomic E-state index is 13.1. The Labute approximate surface area is 186 Å². The van der Waals surface area contributed by atoms with Crippen LogP contribution in [0.4, 0.5) is 11.4 Å². The number of nitrogens with one attached hydrogen (secondary N) is 1. The number of carbonyl (C=O) groups is 4. The molecule has 1 fully saturated rings. The molecule has 2 N–H and O–H groups in total. The fourth-order valence-corrected chi connectivity index (χ4v) is 4.43. The van der Waals surface area contributed by atoms with Gasteiger partial charge in [0.15, 0.2) is 0 Å². The Bertz CT molecular complexity index is 1160. The van der Waals surface area contributed by atoms with Gasteiger partial charge >= 0.3 is 5.97 Å². The van der Waals surface area contributed by atoms with Crippen molar-refractivity contribution in [2.24, 2.45) is 11.8 Å². The second kappa shape index (κ2) is 8.11. The first kappa shape index (κ1) is 21.0. The smallest absolute Gasteiger partial charge is 0.335 e. The number of amides is 3. The number of benzene rings is 2. The minimum atomic E-state index is -1.12. The summed E-state index contributed by atoms with van der Waals surface area (Å²) in [7, 11) is 0. The van der Waals surface area contributed by atoms with Gasteiger partial charge in [0.1, 0.15) is 0 Å². The molecule has 0 unspecified atom stereocenters. The third-order valence-corrected chi connectivity index (χ3v) is 6.37. The normalized spacial score (nSPS) is 20.3. The van der Waals surface area contributed by atoms with Crippen molar-refractivity contribution >= 4 is 51.0 Å². The Morgan fingerprint density at radius 2 is 1.81 bits per heavy atom. The van der Waals surface area contributed by atoms with Gasteiger partial charge in [-0.25, -0.2) is 9.69 Å². The third-order valence-electron chi connectivity index (χ3n) is 5.67. The van der Waals surface area contributed by atoms with Crippen molar-refractivity contribution in [3.8, 4) is 0 Å². The molecule has 8 heteroatoms. The van der Waals surface area contributed by atoms with Crippen LogP contribution in [0.15, 0.2) is 58.6 Å². The summed E-state index contributed by atoms with van der Waals surface area (Å²) in [5.74, 6) is -3.08. The van der Waals surface area contributed by atoms with E-state index >= 15 is 0 Å². The molecule has 2 aromatic carbocycles. The van der Waals surface area contributed by atoms with Crippen molar-refractivity contribution in [1.29, 1.82) is 0 Å². The predicted octanol–water partition coefficient (Wildman–Crippen LogP) is 4.25. The molecule has 0 saturated carbocycles. The lowest BCUT2D eigenvalue weighted by molar-refractivity contribution is -0.122. The van der Waals surface area contributed by atoms with Crippen LogP contribution in [0.25, 0.3) is 0 Å². The number of hydrogen-bond acceptors (Lipinski definition) is 4. The van der Waals surface area contributed by atoms with E-state index in [4.69, 9.17) is 0 Å². The number of allylic oxidation sites excluding steroid dienone is 2. The van der Waals surface area contributed by atoms with Crippen molar-refractivity contribution in [2.75, 3.05) is 10.2 Å². The molecule has 4 rings (SSSR count). The molecule has 2 atom stereocenters. The number of carboxylic acids is 1. The van der Waals surface area contributed by atoms with Gasteiger partial charge in [-0.05, 0) is 66.0 Å². The zero-order chi connectivity index (χ0) is 22.3. The molecule has 2 aromatic rings. The molecule has 0 spiro atoms. The number of nitrogens with zero attached hydrogens (tertiary/aromatic N) is 1. The molecule has 31 heavy (non-hydrogen) atoms. The minimum absolute atomic E-state index is 0.0172. The summed E-state index contributed by atoms with van der Waals surface area (Å²) in [6.07, 6.45) is 3.04. The van der Waals surface area contributed by atoms with Gasteiger partial charge in [-0.1, -0.05) is 23.8 Å². The number of carboxylic acid groups (broad SMARTS) is 1. The minimum Gasteiger partial charge on any atom is -0.478 e. The van der Waals surface area contributed by atoms with Crippen LogP contribution in [-0.2, 0) is 9.59 Å². The first-order valence-electron chi connectivity index (χ1n) is 9.74. The van der Waals surface area contributed by atoms with Crippen LogP contribution < -0.4 is 10.2 Å². The first-order valence-corrected chi connectivity index (χ1v) is 10.5. The number of anilines is 2. The first-order chi connectivity index (χ1) is 14.8. The number of imide groups is 1. The molecule has 1 aliphatic heterocycles. The zero-order valence-corrected chi connectivity index (χ0v) is 18.2. The molecule has 1 heterocycles. The van der Waals surface area contributed by atoms with Gasteiger partial charge in [-0.3, -0.25) is 14.4 Å². The van der Waals surface area contributed by atoms with E-state index in [9.17, 15) is 24.3 Å². The van der Waals surface area contributed by atoms with E-state index < -0.39 is 23.7 Å². The van der Waals surface area contributed by atoms with Crippen LogP contribution in [0, 0.1) is 11.8 Å². The molecule has 7 nitrogen and oxygen atoms in total. The summed E-state index contributed by atoms with van der Waals surface area (Å²) in [4.78, 5) is 51.6. The van der Waals surface area contributed by atoms with E-state index in [1.54, 1.807) is 18.2 Å². The van der Waals surface area contributed by atoms with Gasteiger partial charge < -0.3 is 10.4 Å². The summed E-state index contributed by atoms with van der Waals surface area (Å²) in [6, 6.07) is 10.7. The van der Waals surface area contributed by atoms with Crippen LogP contribution in [0.2, 0.25) is 0 Å². The Morgan fingerprint density at radius 1 is 1.10 bits per heavy atom. The molecule has 158 valence electrons. The van der Waals surface area contributed by atoms with Gasteiger partial charge in [-0.15, -0.1) is 0 Å². The highest BCUT2D eigenvalue weighted by atomic mass is 79.9. The molecular formula is C23H19BrN2O5. The third kappa shape index (κ3) is 3.79. The van der Waals surface area contributed by atoms with Crippen molar-refractivity contribution in [1.82, 2.24) is 0 Å². The summed E-state index contributed by atoms with van der Waals surface area (Å²) in [6.45, 7) is 1.95. The standard InChI is InChI=1S/C23H19BrN2O5/c1-12-6-8-14-16(10-12)22(29)26(21(14)28)19-5-3-2-4-15(19)20(27)25-18-11-13(23(30)31)7-9-17(18)24/h2-7,9,11,14,16H,8,10H2,1H3,(H,25,27)(H,30,31)/t14-,16+/m1/s1. The van der Waals surface area contributed by atoms with Crippen LogP contribution in [-0.4, -0.2) is 28.8 Å². The van der Waals surface area contributed by atoms with E-state index in [1.807, 2.05) is 13.0 Å². The van der Waals surface area contributed by atoms with Gasteiger partial charge in [0.25, 0.3) is 5.91 Å². The van der Waals surface area contributed by atoms with Gasteiger partial charge in [0.2, 0.25) is 11.8 Å². The molecule has 2 aliphatic rings. The van der Waals surface area contributed by atoms with E-state index in [0.29, 0.717) is 17.3 Å². The van der Waals surface area contributed by atoms with E-state index in [2.05, 4.69) is 21.2 Å². The molecule has 0 bridgehead atoms. The summed E-state index contributed by atoms with van der Waals surface area (Å²) >= 11 is 3.30. The average Bonchev–Trinajstić information content (AvgIpc) is 2.99. The number of halogens is 1. The maximum Gasteiger partial charge on any atom is 0.335 e. The fraction of sp³-hybridized carbons (Fsp3) is 0.217. The summed E-state index contributed by atoms with van der Waals surface area (Å²) in [5, 5.41) is 11.9. The number of fused-ring (bicyclic) bond motifs is 1. The SMILES string of the molecule is CC1=CC[C@H]2C(=O)N(c3ccccc3C(=O)Nc3cc(C(=O)O)ccc3Br)C(=O)[C@H]2C1. The molecule has 0 aromatic heterocycles. The predicted molar refractivity (Wildman–Crippen MR) is 118 cm³/mol. The highest BCUT2D eigenvalue weighted by Gasteiger charge is 2.49. The van der Waals surface area contributed by atoms with Gasteiger partial charge in [0.05, 0.1) is 34.3 Å². The van der Waals surface area contributed by atoms with E-state index in [0.717, 1.165) is 10.5 Å². The van der Waals surface area contributed by atoms with Crippen LogP contribution in [0.5, 0.6) is 0 Å². The van der Waals surface area contributed by atoms with Crippen molar-refractivity contribution < 1.29 is 24.3 Å². The molecular weight excluding hydrogens is 464 g/mol. The molecule has 0 radical (unpaired) electrons. The summed E-state index contributed by atoms with van der Waals surface area (Å²) in [5.41, 5.74) is 1.75. The maximum atomic E-state index is 13.1. The number of para-hydroxylation sites is 1. The Morgan fingerprint density at radius 3 is 2.55 bits per heavy atom. The zero-order valence-electron chi connectivity index (χ0n) is 16.6. The topological polar surface area (TPSA) is 104 Å². The van der Waals surface area contributed by atoms with Crippen LogP contribution >= 0.6 is 15.9 Å². The number of rotatable bonds is 4. The number of hydrogen-bond donors (Lipinski definition) is 2. The second-order valence-electron chi connectivity index (χ2n) is 7.69. The van der Waals surface area contributed by atoms with Crippen molar-refractivity contribution in [2.45, 2.75) is 19.8 Å². The fourth-order valence-electron chi connectivity index (χ4n) is 4.08. The van der Waals surface area contributed by atoms with Crippen LogP contribution in [0.3, 0.4) is 0 Å². The number of aromatic carboxylic acids is 1. The highest BCUT2D eigenvalue weighted by Crippen LogP contribution is 2.40. The second-order valence-corrected chi connectivity index (χ2v) is 8.54. The van der Waals surface area contributed by atoms with Gasteiger partial charge in [-0.2, -0.15) is 0 Å². The lowest BCUT2D eigenvalue weighted by atomic mass is 9.82. The molecule has 1 saturated heterocycles. The lowest BCUT2D eigenvalue weighted by Gasteiger charge is -2.19. The van der Waals surface area contributed by atoms with Crippen LogP contribution in [0.1, 0.15) is 40.5 Å². The lowest BCUT2D eigenvalue weighted by Crippen LogP contribution is -2.33. The van der Waals surface area contributed by atoms with Gasteiger partial charge in [0, 0.05) is 4.47 Å². The molecule has 3 amide bonds. The Kier molecular flexibility index (Phi) is 5.49. The largest absolute Gasteiger partial charge is 0.478 e. The highest BCUT2D eigenvalue weighted by molar-refractivity contribution is 9.10. The Hall–Kier alpha value is -3.26. The number of carbonyl (C=O) groups excluding carboxylic acids is 3.